The summed E-state index contributed by atoms with van der Waals surface area (Å²) in [6, 6.07) is 9.78. The van der Waals surface area contributed by atoms with E-state index in [9.17, 15) is 14.4 Å². The molecule has 5 heteroatoms. The van der Waals surface area contributed by atoms with Crippen molar-refractivity contribution in [3.63, 3.8) is 0 Å². The lowest BCUT2D eigenvalue weighted by Crippen LogP contribution is -2.66. The Labute approximate surface area is 259 Å². The van der Waals surface area contributed by atoms with Crippen LogP contribution in [0.15, 0.2) is 42.0 Å². The maximum atomic E-state index is 14.6. The van der Waals surface area contributed by atoms with Gasteiger partial charge in [-0.1, -0.05) is 72.2 Å². The van der Waals surface area contributed by atoms with E-state index < -0.39 is 5.41 Å². The van der Waals surface area contributed by atoms with E-state index >= 15 is 0 Å². The van der Waals surface area contributed by atoms with Gasteiger partial charge in [0.05, 0.1) is 0 Å². The normalized spacial score (nSPS) is 44.9. The molecule has 43 heavy (non-hydrogen) atoms. The van der Waals surface area contributed by atoms with Gasteiger partial charge in [0.1, 0.15) is 6.10 Å². The van der Waals surface area contributed by atoms with Crippen molar-refractivity contribution in [1.29, 1.82) is 0 Å². The molecule has 1 N–H and O–H groups in total. The topological polar surface area (TPSA) is 72.5 Å². The van der Waals surface area contributed by atoms with Crippen LogP contribution < -0.4 is 5.32 Å². The molecular formula is C38H53NO4. The van der Waals surface area contributed by atoms with Crippen molar-refractivity contribution in [3.8, 4) is 0 Å². The van der Waals surface area contributed by atoms with Gasteiger partial charge in [0, 0.05) is 29.4 Å². The van der Waals surface area contributed by atoms with Crippen molar-refractivity contribution in [3.05, 3.63) is 42.0 Å². The zero-order valence-electron chi connectivity index (χ0n) is 27.8. The molecule has 5 aliphatic carbocycles. The Morgan fingerprint density at radius 1 is 0.860 bits per heavy atom. The molecule has 1 aromatic rings. The Kier molecular flexibility index (Phi) is 6.96. The molecule has 5 nitrogen and oxygen atoms in total. The van der Waals surface area contributed by atoms with Crippen molar-refractivity contribution in [1.82, 2.24) is 0 Å². The Balaban J connectivity index is 1.36. The molecule has 0 aromatic heterocycles. The second kappa shape index (κ2) is 9.78. The van der Waals surface area contributed by atoms with Gasteiger partial charge in [-0.25, -0.2) is 0 Å². The molecule has 5 aliphatic rings. The van der Waals surface area contributed by atoms with Crippen LogP contribution in [-0.4, -0.2) is 23.8 Å². The van der Waals surface area contributed by atoms with E-state index in [1.54, 1.807) is 0 Å². The van der Waals surface area contributed by atoms with Crippen LogP contribution in [0.3, 0.4) is 0 Å². The molecule has 4 saturated carbocycles. The molecule has 234 valence electrons. The maximum absolute atomic E-state index is 14.6. The number of hydrogen-bond acceptors (Lipinski definition) is 4. The lowest BCUT2D eigenvalue weighted by molar-refractivity contribution is -0.210. The number of esters is 1. The minimum Gasteiger partial charge on any atom is -0.462 e. The monoisotopic (exact) mass is 587 g/mol. The number of carbonyl (C=O) groups is 3. The van der Waals surface area contributed by atoms with Gasteiger partial charge in [-0.15, -0.1) is 0 Å². The highest BCUT2D eigenvalue weighted by molar-refractivity contribution is 5.96. The zero-order chi connectivity index (χ0) is 31.2. The first-order valence-corrected chi connectivity index (χ1v) is 16.8. The van der Waals surface area contributed by atoms with E-state index in [0.717, 1.165) is 63.5 Å². The van der Waals surface area contributed by atoms with E-state index in [1.165, 1.54) is 12.5 Å². The van der Waals surface area contributed by atoms with E-state index in [0.29, 0.717) is 11.7 Å². The van der Waals surface area contributed by atoms with Crippen molar-refractivity contribution in [2.75, 3.05) is 5.32 Å². The number of ketones is 1. The summed E-state index contributed by atoms with van der Waals surface area (Å²) in [6.45, 7) is 17.9. The summed E-state index contributed by atoms with van der Waals surface area (Å²) in [5.41, 5.74) is 1.22. The number of anilines is 1. The lowest BCUT2D eigenvalue weighted by Gasteiger charge is -2.70. The fourth-order valence-electron chi connectivity index (χ4n) is 11.6. The third-order valence-electron chi connectivity index (χ3n) is 14.4. The van der Waals surface area contributed by atoms with Crippen molar-refractivity contribution >= 4 is 23.3 Å². The van der Waals surface area contributed by atoms with Crippen LogP contribution in [0, 0.1) is 50.2 Å². The smallest absolute Gasteiger partial charge is 0.302 e. The third-order valence-corrected chi connectivity index (χ3v) is 14.4. The third kappa shape index (κ3) is 4.33. The second-order valence-electron chi connectivity index (χ2n) is 17.0. The van der Waals surface area contributed by atoms with Crippen LogP contribution in [0.5, 0.6) is 0 Å². The van der Waals surface area contributed by atoms with Gasteiger partial charge >= 0.3 is 5.97 Å². The van der Waals surface area contributed by atoms with Crippen molar-refractivity contribution in [2.45, 2.75) is 119 Å². The second-order valence-corrected chi connectivity index (χ2v) is 17.0. The zero-order valence-corrected chi connectivity index (χ0v) is 27.8. The Morgan fingerprint density at radius 3 is 2.21 bits per heavy atom. The fourth-order valence-corrected chi connectivity index (χ4v) is 11.6. The van der Waals surface area contributed by atoms with Gasteiger partial charge in [0.15, 0.2) is 5.78 Å². The maximum Gasteiger partial charge on any atom is 0.302 e. The number of fused-ring (bicyclic) bond motifs is 7. The molecule has 0 radical (unpaired) electrons. The number of rotatable bonds is 3. The average molecular weight is 588 g/mol. The van der Waals surface area contributed by atoms with Crippen LogP contribution in [-0.2, 0) is 19.1 Å². The van der Waals surface area contributed by atoms with Gasteiger partial charge in [0.2, 0.25) is 5.91 Å². The van der Waals surface area contributed by atoms with Gasteiger partial charge in [-0.3, -0.25) is 14.4 Å². The summed E-state index contributed by atoms with van der Waals surface area (Å²) in [5.74, 6) is 0.667. The summed E-state index contributed by atoms with van der Waals surface area (Å²) in [7, 11) is 0. The van der Waals surface area contributed by atoms with Crippen LogP contribution in [0.4, 0.5) is 5.69 Å². The molecule has 4 fully saturated rings. The summed E-state index contributed by atoms with van der Waals surface area (Å²) in [6.07, 6.45) is 10.6. The van der Waals surface area contributed by atoms with Crippen LogP contribution >= 0.6 is 0 Å². The fraction of sp³-hybridized carbons (Fsp3) is 0.711. The quantitative estimate of drug-likeness (QED) is 0.360. The molecule has 9 atom stereocenters. The minimum absolute atomic E-state index is 0.0502. The molecule has 1 aromatic carbocycles. The molecule has 0 unspecified atom stereocenters. The van der Waals surface area contributed by atoms with E-state index in [4.69, 9.17) is 4.74 Å². The predicted molar refractivity (Wildman–Crippen MR) is 170 cm³/mol. The molecule has 0 spiro atoms. The molecule has 6 rings (SSSR count). The van der Waals surface area contributed by atoms with Gasteiger partial charge < -0.3 is 10.1 Å². The molecule has 0 heterocycles. The van der Waals surface area contributed by atoms with Gasteiger partial charge in [0.25, 0.3) is 0 Å². The Bertz CT molecular complexity index is 1360. The van der Waals surface area contributed by atoms with E-state index in [1.807, 2.05) is 30.3 Å². The number of carbonyl (C=O) groups excluding carboxylic acids is 3. The summed E-state index contributed by atoms with van der Waals surface area (Å²) >= 11 is 0. The van der Waals surface area contributed by atoms with Crippen LogP contribution in [0.2, 0.25) is 0 Å². The predicted octanol–water partition coefficient (Wildman–Crippen LogP) is 8.54. The number of ether oxygens (including phenoxy) is 1. The number of amides is 1. The molecule has 0 aliphatic heterocycles. The first kappa shape index (κ1) is 30.6. The highest BCUT2D eigenvalue weighted by Gasteiger charge is 2.70. The first-order chi connectivity index (χ1) is 20.0. The lowest BCUT2D eigenvalue weighted by atomic mass is 9.33. The average Bonchev–Trinajstić information content (AvgIpc) is 2.93. The molecular weight excluding hydrogens is 534 g/mol. The Hall–Kier alpha value is -2.43. The van der Waals surface area contributed by atoms with Crippen LogP contribution in [0.1, 0.15) is 113 Å². The van der Waals surface area contributed by atoms with E-state index in [-0.39, 0.29) is 56.9 Å². The number of benzene rings is 1. The summed E-state index contributed by atoms with van der Waals surface area (Å²) < 4.78 is 5.87. The summed E-state index contributed by atoms with van der Waals surface area (Å²) in [5, 5.41) is 3.21. The van der Waals surface area contributed by atoms with Crippen LogP contribution in [0.25, 0.3) is 0 Å². The number of allylic oxidation sites excluding steroid dienone is 2. The van der Waals surface area contributed by atoms with Crippen molar-refractivity contribution < 1.29 is 19.1 Å². The SMILES string of the molecule is CC(=O)O[C@H]1CC[C@@]2(C)[C@H](CC[C@]3(C)[C@@H]2C(=O)C=C2[C@H]4C[C@@](C)(C(=O)Nc5ccccc5)CC[C@]4(C)CC[C@@]23C)C1(C)C. The molecule has 0 saturated heterocycles. The highest BCUT2D eigenvalue weighted by atomic mass is 16.5. The first-order valence-electron chi connectivity index (χ1n) is 16.8. The van der Waals surface area contributed by atoms with E-state index in [2.05, 4.69) is 59.9 Å². The highest BCUT2D eigenvalue weighted by Crippen LogP contribution is 2.75. The molecule has 1 amide bonds. The number of para-hydroxylation sites is 1. The molecule has 0 bridgehead atoms. The largest absolute Gasteiger partial charge is 0.462 e. The number of nitrogens with one attached hydrogen (secondary N) is 1. The minimum atomic E-state index is -0.483. The summed E-state index contributed by atoms with van der Waals surface area (Å²) in [4.78, 5) is 40.4. The standard InChI is InChI=1S/C38H53NO4/c1-24(40)43-30-15-16-36(6)29(33(30,2)3)14-17-38(8)31(36)28(41)22-26-27-23-35(5,32(42)39-25-12-10-9-11-13-25)19-18-34(27,4)20-21-37(26,38)7/h9-13,22,27,29-31H,14-21,23H2,1-8H3,(H,39,42)/t27-,29-,30+,31-,34-,35+,36+,37+,38-/m1/s1. The Morgan fingerprint density at radius 2 is 1.53 bits per heavy atom. The number of hydrogen-bond donors (Lipinski definition) is 1. The van der Waals surface area contributed by atoms with Gasteiger partial charge in [-0.05, 0) is 109 Å². The van der Waals surface area contributed by atoms with Crippen molar-refractivity contribution in [2.24, 2.45) is 50.2 Å². The van der Waals surface area contributed by atoms with Gasteiger partial charge in [-0.2, -0.15) is 0 Å².